The van der Waals surface area contributed by atoms with Crippen LogP contribution in [0.2, 0.25) is 0 Å². The lowest BCUT2D eigenvalue weighted by Gasteiger charge is -2.36. The van der Waals surface area contributed by atoms with Crippen LogP contribution in [0.4, 0.5) is 0 Å². The summed E-state index contributed by atoms with van der Waals surface area (Å²) < 4.78 is 27.1. The Bertz CT molecular complexity index is 771. The van der Waals surface area contributed by atoms with Crippen molar-refractivity contribution in [2.45, 2.75) is 73.0 Å². The third kappa shape index (κ3) is 9.07. The van der Waals surface area contributed by atoms with Crippen LogP contribution in [0.1, 0.15) is 66.4 Å². The van der Waals surface area contributed by atoms with Gasteiger partial charge in [-0.1, -0.05) is 52.0 Å². The van der Waals surface area contributed by atoms with E-state index < -0.39 is 26.0 Å². The normalized spacial score (nSPS) is 16.9. The standard InChI is InChI=1S/C24H39O7P/c1-7-24(6,8-2)22(25)18(4)11-10-12-20-13-15-21(16-14-20)30-17-32(27,28)31-19(5)23(26)29-9-3/h10,12-16,18-19,22,25H,7-9,11,17H2,1-6H3,(H,27,28)/b12-10+/t18-,19+,22-/m1/s1. The number of esters is 1. The summed E-state index contributed by atoms with van der Waals surface area (Å²) >= 11 is 0. The summed E-state index contributed by atoms with van der Waals surface area (Å²) in [6.45, 7) is 11.6. The molecule has 1 unspecified atom stereocenters. The molecule has 2 N–H and O–H groups in total. The molecule has 0 aromatic heterocycles. The minimum Gasteiger partial charge on any atom is -0.481 e. The number of carbonyl (C=O) groups excluding carboxylic acids is 1. The van der Waals surface area contributed by atoms with Crippen molar-refractivity contribution in [3.8, 4) is 5.75 Å². The molecule has 0 radical (unpaired) electrons. The van der Waals surface area contributed by atoms with Gasteiger partial charge in [-0.25, -0.2) is 4.79 Å². The van der Waals surface area contributed by atoms with Crippen molar-refractivity contribution < 1.29 is 33.4 Å². The van der Waals surface area contributed by atoms with Crippen LogP contribution in [-0.4, -0.2) is 41.1 Å². The molecule has 0 bridgehead atoms. The van der Waals surface area contributed by atoms with Gasteiger partial charge in [0.1, 0.15) is 5.75 Å². The summed E-state index contributed by atoms with van der Waals surface area (Å²) in [6, 6.07) is 7.05. The average molecular weight is 471 g/mol. The number of carbonyl (C=O) groups is 1. The molecule has 182 valence electrons. The van der Waals surface area contributed by atoms with Gasteiger partial charge in [-0.2, -0.15) is 0 Å². The maximum atomic E-state index is 12.1. The second kappa shape index (κ2) is 13.1. The molecule has 0 saturated carbocycles. The maximum absolute atomic E-state index is 12.1. The number of aliphatic hydroxyl groups is 1. The lowest BCUT2D eigenvalue weighted by Crippen LogP contribution is -2.36. The van der Waals surface area contributed by atoms with Crippen LogP contribution >= 0.6 is 7.60 Å². The number of benzene rings is 1. The molecule has 8 heteroatoms. The average Bonchev–Trinajstić information content (AvgIpc) is 2.77. The molecular formula is C24H39O7P. The fraction of sp³-hybridized carbons (Fsp3) is 0.625. The van der Waals surface area contributed by atoms with Gasteiger partial charge < -0.3 is 19.5 Å². The molecule has 0 heterocycles. The van der Waals surface area contributed by atoms with Crippen molar-refractivity contribution in [2.24, 2.45) is 11.3 Å². The Morgan fingerprint density at radius 3 is 2.28 bits per heavy atom. The van der Waals surface area contributed by atoms with Gasteiger partial charge in [0.05, 0.1) is 12.7 Å². The van der Waals surface area contributed by atoms with Crippen molar-refractivity contribution in [3.63, 3.8) is 0 Å². The minimum atomic E-state index is -4.12. The number of allylic oxidation sites excluding steroid dienone is 1. The largest absolute Gasteiger partial charge is 0.481 e. The molecule has 32 heavy (non-hydrogen) atoms. The van der Waals surface area contributed by atoms with Crippen LogP contribution in [0.3, 0.4) is 0 Å². The van der Waals surface area contributed by atoms with Crippen molar-refractivity contribution >= 4 is 19.6 Å². The van der Waals surface area contributed by atoms with Gasteiger partial charge in [-0.3, -0.25) is 9.09 Å². The van der Waals surface area contributed by atoms with Gasteiger partial charge in [0.15, 0.2) is 12.5 Å². The predicted molar refractivity (Wildman–Crippen MR) is 126 cm³/mol. The Kier molecular flexibility index (Phi) is 11.7. The zero-order valence-corrected chi connectivity index (χ0v) is 21.0. The van der Waals surface area contributed by atoms with E-state index in [2.05, 4.69) is 27.7 Å². The third-order valence-corrected chi connectivity index (χ3v) is 7.00. The van der Waals surface area contributed by atoms with Crippen LogP contribution in [0.5, 0.6) is 5.75 Å². The number of aliphatic hydroxyl groups excluding tert-OH is 1. The van der Waals surface area contributed by atoms with E-state index in [0.29, 0.717) is 5.75 Å². The number of rotatable bonds is 14. The van der Waals surface area contributed by atoms with E-state index in [1.807, 2.05) is 24.3 Å². The van der Waals surface area contributed by atoms with E-state index in [0.717, 1.165) is 24.8 Å². The topological polar surface area (TPSA) is 102 Å². The highest BCUT2D eigenvalue weighted by molar-refractivity contribution is 7.52. The summed E-state index contributed by atoms with van der Waals surface area (Å²) in [6.07, 6.45) is 4.57. The van der Waals surface area contributed by atoms with Crippen LogP contribution in [0, 0.1) is 11.3 Å². The van der Waals surface area contributed by atoms with E-state index in [1.54, 1.807) is 19.1 Å². The monoisotopic (exact) mass is 470 g/mol. The van der Waals surface area contributed by atoms with Gasteiger partial charge in [-0.15, -0.1) is 0 Å². The van der Waals surface area contributed by atoms with E-state index in [4.69, 9.17) is 14.0 Å². The van der Waals surface area contributed by atoms with Crippen molar-refractivity contribution in [1.82, 2.24) is 0 Å². The maximum Gasteiger partial charge on any atom is 0.366 e. The highest BCUT2D eigenvalue weighted by atomic mass is 31.2. The number of hydrogen-bond acceptors (Lipinski definition) is 6. The molecule has 1 aromatic carbocycles. The van der Waals surface area contributed by atoms with E-state index >= 15 is 0 Å². The summed E-state index contributed by atoms with van der Waals surface area (Å²) in [5.41, 5.74) is 0.878. The molecule has 0 spiro atoms. The summed E-state index contributed by atoms with van der Waals surface area (Å²) in [4.78, 5) is 21.4. The first-order valence-corrected chi connectivity index (χ1v) is 13.0. The third-order valence-electron chi connectivity index (χ3n) is 5.90. The lowest BCUT2D eigenvalue weighted by molar-refractivity contribution is -0.150. The fourth-order valence-electron chi connectivity index (χ4n) is 3.31. The van der Waals surface area contributed by atoms with Crippen LogP contribution in [0.25, 0.3) is 6.08 Å². The van der Waals surface area contributed by atoms with Gasteiger partial charge >= 0.3 is 13.6 Å². The Balaban J connectivity index is 2.57. The molecule has 7 nitrogen and oxygen atoms in total. The van der Waals surface area contributed by atoms with Gasteiger partial charge in [0.2, 0.25) is 0 Å². The Labute approximate surface area is 192 Å². The molecular weight excluding hydrogens is 431 g/mol. The van der Waals surface area contributed by atoms with E-state index in [9.17, 15) is 19.4 Å². The zero-order valence-electron chi connectivity index (χ0n) is 20.1. The van der Waals surface area contributed by atoms with Crippen molar-refractivity contribution in [1.29, 1.82) is 0 Å². The molecule has 4 atom stereocenters. The molecule has 0 amide bonds. The first-order valence-electron chi connectivity index (χ1n) is 11.2. The number of ether oxygens (including phenoxy) is 2. The number of hydrogen-bond donors (Lipinski definition) is 2. The summed E-state index contributed by atoms with van der Waals surface area (Å²) in [5.74, 6) is -0.141. The summed E-state index contributed by atoms with van der Waals surface area (Å²) in [7, 11) is -4.12. The van der Waals surface area contributed by atoms with Gasteiger partial charge in [-0.05, 0) is 62.1 Å². The lowest BCUT2D eigenvalue weighted by atomic mass is 9.73. The van der Waals surface area contributed by atoms with E-state index in [-0.39, 0.29) is 24.0 Å². The molecule has 0 aliphatic carbocycles. The highest BCUT2D eigenvalue weighted by Crippen LogP contribution is 2.43. The minimum absolute atomic E-state index is 0.0732. The second-order valence-corrected chi connectivity index (χ2v) is 10.1. The Hall–Kier alpha value is -1.66. The molecule has 1 aromatic rings. The first kappa shape index (κ1) is 28.4. The SMILES string of the molecule is CCOC(=O)[C@H](C)OP(=O)(O)COc1ccc(/C=C/C[C@@H](C)[C@@H](O)C(C)(CC)CC)cc1. The first-order chi connectivity index (χ1) is 15.0. The quantitative estimate of drug-likeness (QED) is 0.277. The highest BCUT2D eigenvalue weighted by Gasteiger charge is 2.32. The Morgan fingerprint density at radius 1 is 1.16 bits per heavy atom. The smallest absolute Gasteiger partial charge is 0.366 e. The van der Waals surface area contributed by atoms with Crippen LogP contribution in [-0.2, 0) is 18.6 Å². The van der Waals surface area contributed by atoms with Crippen LogP contribution < -0.4 is 4.74 Å². The molecule has 0 saturated heterocycles. The van der Waals surface area contributed by atoms with Gasteiger partial charge in [0, 0.05) is 0 Å². The zero-order chi connectivity index (χ0) is 24.4. The van der Waals surface area contributed by atoms with E-state index in [1.165, 1.54) is 6.92 Å². The molecule has 0 fully saturated rings. The predicted octanol–water partition coefficient (Wildman–Crippen LogP) is 5.40. The van der Waals surface area contributed by atoms with Crippen molar-refractivity contribution in [3.05, 3.63) is 35.9 Å². The Morgan fingerprint density at radius 2 is 1.75 bits per heavy atom. The van der Waals surface area contributed by atoms with Crippen molar-refractivity contribution in [2.75, 3.05) is 13.0 Å². The summed E-state index contributed by atoms with van der Waals surface area (Å²) in [5, 5.41) is 10.7. The molecule has 0 aliphatic heterocycles. The molecule has 1 rings (SSSR count). The molecule has 0 aliphatic rings. The second-order valence-electron chi connectivity index (χ2n) is 8.40. The fourth-order valence-corrected chi connectivity index (χ4v) is 4.27. The van der Waals surface area contributed by atoms with Gasteiger partial charge in [0.25, 0.3) is 0 Å². The van der Waals surface area contributed by atoms with Crippen LogP contribution in [0.15, 0.2) is 30.3 Å².